The average molecular weight is 396 g/mol. The second kappa shape index (κ2) is 8.03. The van der Waals surface area contributed by atoms with Crippen molar-refractivity contribution in [3.63, 3.8) is 0 Å². The molecule has 10 nitrogen and oxygen atoms in total. The maximum absolute atomic E-state index is 12.7. The summed E-state index contributed by atoms with van der Waals surface area (Å²) in [7, 11) is -2.05. The van der Waals surface area contributed by atoms with Crippen molar-refractivity contribution >= 4 is 21.7 Å². The van der Waals surface area contributed by atoms with Crippen LogP contribution in [-0.4, -0.2) is 63.7 Å². The molecule has 0 bridgehead atoms. The van der Waals surface area contributed by atoms with Crippen LogP contribution in [0.5, 0.6) is 0 Å². The summed E-state index contributed by atoms with van der Waals surface area (Å²) in [5.74, 6) is -0.328. The van der Waals surface area contributed by atoms with Crippen LogP contribution in [0.4, 0.5) is 5.88 Å². The molecule has 2 aromatic rings. The highest BCUT2D eigenvalue weighted by Crippen LogP contribution is 2.17. The monoisotopic (exact) mass is 396 g/mol. The van der Waals surface area contributed by atoms with Crippen LogP contribution in [0.15, 0.2) is 39.8 Å². The fourth-order valence-corrected chi connectivity index (χ4v) is 4.31. The number of benzene rings is 1. The molecular formula is C16H22N5O5S+. The molecule has 1 aliphatic heterocycles. The molecular weight excluding hydrogens is 374 g/mol. The van der Waals surface area contributed by atoms with Gasteiger partial charge in [0.1, 0.15) is 0 Å². The van der Waals surface area contributed by atoms with Crippen LogP contribution in [0.25, 0.3) is 0 Å². The van der Waals surface area contributed by atoms with Gasteiger partial charge in [0.05, 0.1) is 29.4 Å². The van der Waals surface area contributed by atoms with Gasteiger partial charge < -0.3 is 10.5 Å². The number of ketones is 1. The number of methoxy groups -OCH3 is 1. The number of piperazine rings is 1. The quantitative estimate of drug-likeness (QED) is 0.486. The topological polar surface area (TPSA) is 123 Å². The Labute approximate surface area is 157 Å². The SMILES string of the molecule is COCCC(=O)c1c(N)on[n+]1N1CCN(S(=O)(=O)c2ccccc2)CC1. The van der Waals surface area contributed by atoms with E-state index in [1.54, 1.807) is 35.3 Å². The number of anilines is 1. The van der Waals surface area contributed by atoms with E-state index in [4.69, 9.17) is 15.0 Å². The van der Waals surface area contributed by atoms with Crippen molar-refractivity contribution in [2.45, 2.75) is 11.3 Å². The number of nitrogens with two attached hydrogens (primary N) is 1. The molecule has 0 saturated carbocycles. The van der Waals surface area contributed by atoms with Gasteiger partial charge in [-0.2, -0.15) is 4.31 Å². The zero-order valence-corrected chi connectivity index (χ0v) is 15.8. The molecule has 0 amide bonds. The molecule has 0 atom stereocenters. The Balaban J connectivity index is 1.73. The van der Waals surface area contributed by atoms with Gasteiger partial charge in [0.2, 0.25) is 21.1 Å². The van der Waals surface area contributed by atoms with Crippen LogP contribution in [0.1, 0.15) is 16.9 Å². The van der Waals surface area contributed by atoms with Gasteiger partial charge in [0, 0.05) is 26.6 Å². The van der Waals surface area contributed by atoms with Crippen molar-refractivity contribution in [1.82, 2.24) is 9.58 Å². The summed E-state index contributed by atoms with van der Waals surface area (Å²) in [6.07, 6.45) is 0.143. The van der Waals surface area contributed by atoms with Crippen LogP contribution >= 0.6 is 0 Å². The van der Waals surface area contributed by atoms with E-state index in [0.717, 1.165) is 0 Å². The lowest BCUT2D eigenvalue weighted by molar-refractivity contribution is -0.760. The first-order valence-corrected chi connectivity index (χ1v) is 9.89. The van der Waals surface area contributed by atoms with Crippen molar-refractivity contribution in [2.24, 2.45) is 0 Å². The summed E-state index contributed by atoms with van der Waals surface area (Å²) < 4.78 is 36.7. The van der Waals surface area contributed by atoms with E-state index in [1.165, 1.54) is 16.2 Å². The Bertz CT molecular complexity index is 891. The van der Waals surface area contributed by atoms with E-state index in [1.807, 2.05) is 0 Å². The molecule has 0 radical (unpaired) electrons. The predicted octanol–water partition coefficient (Wildman–Crippen LogP) is -0.594. The minimum absolute atomic E-state index is 0.0737. The van der Waals surface area contributed by atoms with Gasteiger partial charge >= 0.3 is 11.6 Å². The van der Waals surface area contributed by atoms with Gasteiger partial charge in [-0.05, 0) is 12.1 Å². The number of carbonyl (C=O) groups is 1. The molecule has 2 heterocycles. The summed E-state index contributed by atoms with van der Waals surface area (Å²) in [5, 5.41) is 5.56. The Morgan fingerprint density at radius 1 is 1.26 bits per heavy atom. The van der Waals surface area contributed by atoms with E-state index < -0.39 is 10.0 Å². The first-order chi connectivity index (χ1) is 12.9. The molecule has 1 fully saturated rings. The fourth-order valence-electron chi connectivity index (χ4n) is 2.87. The third-order valence-electron chi connectivity index (χ3n) is 4.31. The maximum Gasteiger partial charge on any atom is 0.373 e. The van der Waals surface area contributed by atoms with E-state index in [-0.39, 0.29) is 48.4 Å². The van der Waals surface area contributed by atoms with Crippen LogP contribution in [0, 0.1) is 0 Å². The Hall–Kier alpha value is -2.50. The van der Waals surface area contributed by atoms with E-state index >= 15 is 0 Å². The van der Waals surface area contributed by atoms with Crippen molar-refractivity contribution in [3.05, 3.63) is 36.0 Å². The molecule has 1 aliphatic rings. The van der Waals surface area contributed by atoms with Crippen LogP contribution in [0.3, 0.4) is 0 Å². The Morgan fingerprint density at radius 2 is 1.93 bits per heavy atom. The van der Waals surface area contributed by atoms with E-state index in [9.17, 15) is 13.2 Å². The number of aromatic nitrogens is 2. The van der Waals surface area contributed by atoms with Crippen LogP contribution in [-0.2, 0) is 14.8 Å². The van der Waals surface area contributed by atoms with Crippen LogP contribution in [0.2, 0.25) is 0 Å². The van der Waals surface area contributed by atoms with Gasteiger partial charge in [0.25, 0.3) is 0 Å². The van der Waals surface area contributed by atoms with Crippen molar-refractivity contribution in [2.75, 3.05) is 50.6 Å². The number of nitrogen functional groups attached to an aromatic ring is 1. The van der Waals surface area contributed by atoms with Crippen molar-refractivity contribution in [3.8, 4) is 0 Å². The van der Waals surface area contributed by atoms with Gasteiger partial charge in [-0.1, -0.05) is 18.2 Å². The lowest BCUT2D eigenvalue weighted by Gasteiger charge is -2.29. The lowest BCUT2D eigenvalue weighted by atomic mass is 10.2. The summed E-state index contributed by atoms with van der Waals surface area (Å²) in [6, 6.07) is 8.29. The predicted molar refractivity (Wildman–Crippen MR) is 95.1 cm³/mol. The highest BCUT2D eigenvalue weighted by molar-refractivity contribution is 7.89. The standard InChI is InChI=1S/C16H21N5O5S/c1-25-12-7-14(22)15-16(17)26-18-21(15)19-8-10-20(11-9-19)27(23,24)13-5-3-2-4-6-13/h2-6H,7-12H2,1H3,(H-,17,18,22)/p+1. The normalized spacial score (nSPS) is 15.8. The van der Waals surface area contributed by atoms with Crippen molar-refractivity contribution in [1.29, 1.82) is 0 Å². The zero-order chi connectivity index (χ0) is 19.4. The van der Waals surface area contributed by atoms with E-state index in [2.05, 4.69) is 5.27 Å². The third kappa shape index (κ3) is 3.94. The van der Waals surface area contributed by atoms with E-state index in [0.29, 0.717) is 13.1 Å². The number of Topliss-reactive ketones (excluding diaryl/α,β-unsaturated/α-hetero) is 1. The molecule has 0 aliphatic carbocycles. The molecule has 27 heavy (non-hydrogen) atoms. The summed E-state index contributed by atoms with van der Waals surface area (Å²) in [4.78, 5) is 13.9. The average Bonchev–Trinajstić information content (AvgIpc) is 3.08. The molecule has 146 valence electrons. The fraction of sp³-hybridized carbons (Fsp3) is 0.438. The molecule has 1 aromatic heterocycles. The number of carbonyl (C=O) groups excluding carboxylic acids is 1. The highest BCUT2D eigenvalue weighted by atomic mass is 32.2. The number of nitrogens with zero attached hydrogens (tertiary/aromatic N) is 4. The van der Waals surface area contributed by atoms with Crippen LogP contribution < -0.4 is 15.5 Å². The first-order valence-electron chi connectivity index (χ1n) is 8.45. The molecule has 1 saturated heterocycles. The molecule has 0 unspecified atom stereocenters. The Morgan fingerprint density at radius 3 is 2.56 bits per heavy atom. The summed E-state index contributed by atoms with van der Waals surface area (Å²) in [5.41, 5.74) is 5.89. The minimum Gasteiger partial charge on any atom is -0.384 e. The number of hydrogen-bond donors (Lipinski definition) is 1. The molecule has 3 rings (SSSR count). The number of hydrogen-bond acceptors (Lipinski definition) is 8. The third-order valence-corrected chi connectivity index (χ3v) is 6.22. The second-order valence-corrected chi connectivity index (χ2v) is 7.95. The largest absolute Gasteiger partial charge is 0.384 e. The van der Waals surface area contributed by atoms with Gasteiger partial charge in [-0.3, -0.25) is 9.32 Å². The zero-order valence-electron chi connectivity index (χ0n) is 14.9. The maximum atomic E-state index is 12.7. The van der Waals surface area contributed by atoms with Crippen molar-refractivity contribution < 1.29 is 27.3 Å². The molecule has 2 N–H and O–H groups in total. The summed E-state index contributed by atoms with van der Waals surface area (Å²) in [6.45, 7) is 1.44. The van der Waals surface area contributed by atoms with Gasteiger partial charge in [0.15, 0.2) is 0 Å². The van der Waals surface area contributed by atoms with Gasteiger partial charge in [-0.25, -0.2) is 8.42 Å². The molecule has 0 spiro atoms. The number of rotatable bonds is 7. The molecule has 1 aromatic carbocycles. The lowest BCUT2D eigenvalue weighted by Crippen LogP contribution is -2.67. The minimum atomic E-state index is -3.56. The number of ether oxygens (including phenoxy) is 1. The smallest absolute Gasteiger partial charge is 0.373 e. The summed E-state index contributed by atoms with van der Waals surface area (Å²) >= 11 is 0. The Kier molecular flexibility index (Phi) is 5.73. The second-order valence-electron chi connectivity index (χ2n) is 6.01. The first kappa shape index (κ1) is 19.3. The van der Waals surface area contributed by atoms with Gasteiger partial charge in [-0.15, -0.1) is 5.01 Å². The number of sulfonamides is 1. The molecule has 11 heteroatoms. The highest BCUT2D eigenvalue weighted by Gasteiger charge is 2.38.